The zero-order valence-corrected chi connectivity index (χ0v) is 15.5. The molecule has 1 aromatic heterocycles. The highest BCUT2D eigenvalue weighted by atomic mass is 35.5. The van der Waals surface area contributed by atoms with Crippen molar-refractivity contribution in [3.63, 3.8) is 0 Å². The van der Waals surface area contributed by atoms with Gasteiger partial charge in [0.1, 0.15) is 6.54 Å². The molecular formula is C19H20ClN3O4. The van der Waals surface area contributed by atoms with Crippen LogP contribution in [0.25, 0.3) is 0 Å². The van der Waals surface area contributed by atoms with Crippen LogP contribution in [0.1, 0.15) is 0 Å². The Morgan fingerprint density at radius 1 is 1.04 bits per heavy atom. The fourth-order valence-corrected chi connectivity index (χ4v) is 3.08. The Bertz CT molecular complexity index is 875. The van der Waals surface area contributed by atoms with Crippen molar-refractivity contribution in [2.24, 2.45) is 0 Å². The van der Waals surface area contributed by atoms with E-state index in [1.54, 1.807) is 17.0 Å². The number of aromatic nitrogens is 1. The summed E-state index contributed by atoms with van der Waals surface area (Å²) in [5.41, 5.74) is 0.729. The predicted octanol–water partition coefficient (Wildman–Crippen LogP) is 1.39. The van der Waals surface area contributed by atoms with Gasteiger partial charge in [0, 0.05) is 49.2 Å². The normalized spacial score (nSPS) is 14.1. The van der Waals surface area contributed by atoms with Crippen LogP contribution >= 0.6 is 11.6 Å². The lowest BCUT2D eigenvalue weighted by atomic mass is 10.2. The van der Waals surface area contributed by atoms with E-state index in [9.17, 15) is 14.4 Å². The van der Waals surface area contributed by atoms with Crippen molar-refractivity contribution < 1.29 is 14.3 Å². The number of hydrogen-bond donors (Lipinski definition) is 0. The molecule has 1 amide bonds. The van der Waals surface area contributed by atoms with E-state index in [1.807, 2.05) is 24.3 Å². The number of carbonyl (C=O) groups is 2. The lowest BCUT2D eigenvalue weighted by molar-refractivity contribution is -0.152. The van der Waals surface area contributed by atoms with Crippen molar-refractivity contribution >= 4 is 29.2 Å². The van der Waals surface area contributed by atoms with Crippen molar-refractivity contribution in [2.75, 3.05) is 37.7 Å². The highest BCUT2D eigenvalue weighted by molar-refractivity contribution is 6.30. The molecule has 1 fully saturated rings. The first kappa shape index (κ1) is 19.0. The van der Waals surface area contributed by atoms with Crippen molar-refractivity contribution in [3.8, 4) is 0 Å². The summed E-state index contributed by atoms with van der Waals surface area (Å²) in [6.07, 6.45) is 1.50. The number of halogens is 1. The molecule has 1 saturated heterocycles. The van der Waals surface area contributed by atoms with Crippen LogP contribution in [-0.4, -0.2) is 54.1 Å². The van der Waals surface area contributed by atoms with Crippen LogP contribution in [-0.2, 0) is 20.9 Å². The largest absolute Gasteiger partial charge is 0.454 e. The molecule has 27 heavy (non-hydrogen) atoms. The van der Waals surface area contributed by atoms with Crippen LogP contribution in [0.5, 0.6) is 0 Å². The second-order valence-corrected chi connectivity index (χ2v) is 6.61. The number of nitrogens with zero attached hydrogens (tertiary/aromatic N) is 3. The standard InChI is InChI=1S/C19H20ClN3O4/c20-15-4-3-5-16(12-15)21-8-10-22(11-9-21)18(25)14-27-19(26)13-23-7-2-1-6-17(23)24/h1-7,12H,8-11,13-14H2. The lowest BCUT2D eigenvalue weighted by Crippen LogP contribution is -2.50. The Hall–Kier alpha value is -2.80. The minimum Gasteiger partial charge on any atom is -0.454 e. The van der Waals surface area contributed by atoms with Gasteiger partial charge in [-0.05, 0) is 24.3 Å². The number of ether oxygens (including phenoxy) is 1. The van der Waals surface area contributed by atoms with Gasteiger partial charge in [0.15, 0.2) is 6.61 Å². The SMILES string of the molecule is O=C(Cn1ccccc1=O)OCC(=O)N1CCN(c2cccc(Cl)c2)CC1. The molecule has 3 rings (SSSR count). The first-order valence-corrected chi connectivity index (χ1v) is 9.00. The zero-order chi connectivity index (χ0) is 19.2. The van der Waals surface area contributed by atoms with E-state index in [2.05, 4.69) is 4.90 Å². The lowest BCUT2D eigenvalue weighted by Gasteiger charge is -2.36. The minimum atomic E-state index is -0.616. The van der Waals surface area contributed by atoms with Gasteiger partial charge in [-0.2, -0.15) is 0 Å². The number of pyridine rings is 1. The summed E-state index contributed by atoms with van der Waals surface area (Å²) in [5, 5.41) is 0.676. The number of esters is 1. The number of piperazine rings is 1. The van der Waals surface area contributed by atoms with Crippen LogP contribution in [0, 0.1) is 0 Å². The Morgan fingerprint density at radius 3 is 2.52 bits per heavy atom. The van der Waals surface area contributed by atoms with Crippen LogP contribution in [0.15, 0.2) is 53.5 Å². The summed E-state index contributed by atoms with van der Waals surface area (Å²) >= 11 is 6.02. The molecule has 7 nitrogen and oxygen atoms in total. The van der Waals surface area contributed by atoms with Crippen LogP contribution in [0.3, 0.4) is 0 Å². The quantitative estimate of drug-likeness (QED) is 0.723. The fraction of sp³-hybridized carbons (Fsp3) is 0.316. The highest BCUT2D eigenvalue weighted by Crippen LogP contribution is 2.20. The van der Waals surface area contributed by atoms with Gasteiger partial charge in [-0.1, -0.05) is 23.7 Å². The van der Waals surface area contributed by atoms with Gasteiger partial charge < -0.3 is 19.1 Å². The zero-order valence-electron chi connectivity index (χ0n) is 14.7. The maximum absolute atomic E-state index is 12.3. The summed E-state index contributed by atoms with van der Waals surface area (Å²) in [7, 11) is 0. The fourth-order valence-electron chi connectivity index (χ4n) is 2.90. The molecule has 0 atom stereocenters. The van der Waals surface area contributed by atoms with Gasteiger partial charge in [0.25, 0.3) is 11.5 Å². The van der Waals surface area contributed by atoms with Gasteiger partial charge in [-0.25, -0.2) is 0 Å². The molecule has 1 aliphatic heterocycles. The number of benzene rings is 1. The summed E-state index contributed by atoms with van der Waals surface area (Å²) < 4.78 is 6.25. The van der Waals surface area contributed by atoms with E-state index in [4.69, 9.17) is 16.3 Å². The smallest absolute Gasteiger partial charge is 0.326 e. The Morgan fingerprint density at radius 2 is 1.81 bits per heavy atom. The van der Waals surface area contributed by atoms with Gasteiger partial charge in [-0.15, -0.1) is 0 Å². The molecule has 142 valence electrons. The van der Waals surface area contributed by atoms with Crippen molar-refractivity contribution in [3.05, 3.63) is 64.0 Å². The van der Waals surface area contributed by atoms with Gasteiger partial charge >= 0.3 is 5.97 Å². The molecule has 0 unspecified atom stereocenters. The Balaban J connectivity index is 1.45. The van der Waals surface area contributed by atoms with E-state index in [1.165, 1.54) is 16.8 Å². The molecule has 8 heteroatoms. The molecule has 0 spiro atoms. The Kier molecular flexibility index (Phi) is 6.13. The maximum atomic E-state index is 12.3. The second-order valence-electron chi connectivity index (χ2n) is 6.18. The molecule has 0 saturated carbocycles. The predicted molar refractivity (Wildman–Crippen MR) is 102 cm³/mol. The summed E-state index contributed by atoms with van der Waals surface area (Å²) in [5.74, 6) is -0.858. The first-order chi connectivity index (χ1) is 13.0. The Labute approximate surface area is 161 Å². The van der Waals surface area contributed by atoms with Gasteiger partial charge in [-0.3, -0.25) is 14.4 Å². The van der Waals surface area contributed by atoms with Crippen LogP contribution < -0.4 is 10.5 Å². The highest BCUT2D eigenvalue weighted by Gasteiger charge is 2.22. The van der Waals surface area contributed by atoms with Crippen LogP contribution in [0.2, 0.25) is 5.02 Å². The molecule has 0 radical (unpaired) electrons. The molecule has 2 heterocycles. The third-order valence-electron chi connectivity index (χ3n) is 4.36. The van der Waals surface area contributed by atoms with E-state index in [0.29, 0.717) is 31.2 Å². The molecule has 1 aliphatic rings. The second kappa shape index (κ2) is 8.73. The van der Waals surface area contributed by atoms with E-state index < -0.39 is 5.97 Å². The van der Waals surface area contributed by atoms with Gasteiger partial charge in [0.05, 0.1) is 0 Å². The van der Waals surface area contributed by atoms with Crippen molar-refractivity contribution in [1.29, 1.82) is 0 Å². The third-order valence-corrected chi connectivity index (χ3v) is 4.60. The molecule has 0 bridgehead atoms. The average Bonchev–Trinajstić information content (AvgIpc) is 2.68. The number of anilines is 1. The van der Waals surface area contributed by atoms with E-state index in [0.717, 1.165) is 5.69 Å². The third kappa shape index (κ3) is 5.10. The maximum Gasteiger partial charge on any atom is 0.326 e. The van der Waals surface area contributed by atoms with Gasteiger partial charge in [0.2, 0.25) is 0 Å². The molecule has 2 aromatic rings. The summed E-state index contributed by atoms with van der Waals surface area (Å²) in [6.45, 7) is 1.91. The monoisotopic (exact) mass is 389 g/mol. The molecule has 0 aliphatic carbocycles. The van der Waals surface area contributed by atoms with E-state index in [-0.39, 0.29) is 24.6 Å². The van der Waals surface area contributed by atoms with E-state index >= 15 is 0 Å². The molecule has 0 N–H and O–H groups in total. The average molecular weight is 390 g/mol. The number of hydrogen-bond acceptors (Lipinski definition) is 5. The summed E-state index contributed by atoms with van der Waals surface area (Å²) in [4.78, 5) is 39.5. The first-order valence-electron chi connectivity index (χ1n) is 8.62. The molecule has 1 aromatic carbocycles. The van der Waals surface area contributed by atoms with Crippen LogP contribution in [0.4, 0.5) is 5.69 Å². The minimum absolute atomic E-state index is 0.213. The molecular weight excluding hydrogens is 370 g/mol. The topological polar surface area (TPSA) is 71.8 Å². The van der Waals surface area contributed by atoms with Crippen molar-refractivity contribution in [2.45, 2.75) is 6.54 Å². The summed E-state index contributed by atoms with van der Waals surface area (Å²) in [6, 6.07) is 12.2. The van der Waals surface area contributed by atoms with Crippen molar-refractivity contribution in [1.82, 2.24) is 9.47 Å². The number of rotatable bonds is 5. The number of amides is 1. The number of carbonyl (C=O) groups excluding carboxylic acids is 2.